The summed E-state index contributed by atoms with van der Waals surface area (Å²) in [6.07, 6.45) is 20.0. The molecule has 0 saturated heterocycles. The van der Waals surface area contributed by atoms with Crippen molar-refractivity contribution in [3.8, 4) is 0 Å². The van der Waals surface area contributed by atoms with Gasteiger partial charge >= 0.3 is 0 Å². The number of rotatable bonds is 0. The van der Waals surface area contributed by atoms with Gasteiger partial charge in [0.1, 0.15) is 0 Å². The molecule has 0 aromatic carbocycles. The van der Waals surface area contributed by atoms with Gasteiger partial charge in [-0.15, -0.1) is 0 Å². The lowest BCUT2D eigenvalue weighted by molar-refractivity contribution is 0.650. The Morgan fingerprint density at radius 3 is 1.33 bits per heavy atom. The van der Waals surface area contributed by atoms with Crippen molar-refractivity contribution in [1.82, 2.24) is 0 Å². The standard InChI is InChI=1S/C12H20/c1-2-4-6-8-10-12-11-9-7-5-3-1/h1-2,7,9H,3-6,8,10-12H2/b2-1-,9-7?. The third kappa shape index (κ3) is 5.17. The first-order valence-electron chi connectivity index (χ1n) is 5.30. The van der Waals surface area contributed by atoms with Crippen LogP contribution in [0.3, 0.4) is 0 Å². The first kappa shape index (κ1) is 9.57. The van der Waals surface area contributed by atoms with Crippen LogP contribution in [0.2, 0.25) is 0 Å². The Bertz CT molecular complexity index is 124. The van der Waals surface area contributed by atoms with E-state index in [1.165, 1.54) is 51.4 Å². The molecule has 0 spiro atoms. The molecule has 0 aliphatic heterocycles. The van der Waals surface area contributed by atoms with Crippen molar-refractivity contribution < 1.29 is 0 Å². The molecule has 12 heavy (non-hydrogen) atoms. The van der Waals surface area contributed by atoms with Crippen LogP contribution in [0.5, 0.6) is 0 Å². The van der Waals surface area contributed by atoms with E-state index in [4.69, 9.17) is 0 Å². The Balaban J connectivity index is 2.19. The zero-order valence-electron chi connectivity index (χ0n) is 7.97. The van der Waals surface area contributed by atoms with Crippen LogP contribution < -0.4 is 0 Å². The topological polar surface area (TPSA) is 0 Å². The van der Waals surface area contributed by atoms with Crippen molar-refractivity contribution in [2.24, 2.45) is 0 Å². The van der Waals surface area contributed by atoms with Crippen molar-refractivity contribution in [3.05, 3.63) is 24.3 Å². The maximum absolute atomic E-state index is 2.34. The van der Waals surface area contributed by atoms with E-state index in [0.29, 0.717) is 0 Å². The predicted molar refractivity (Wildman–Crippen MR) is 55.2 cm³/mol. The molecule has 68 valence electrons. The van der Waals surface area contributed by atoms with E-state index < -0.39 is 0 Å². The van der Waals surface area contributed by atoms with Crippen LogP contribution in [0.1, 0.15) is 51.4 Å². The Morgan fingerprint density at radius 1 is 0.417 bits per heavy atom. The van der Waals surface area contributed by atoms with Gasteiger partial charge < -0.3 is 0 Å². The zero-order valence-corrected chi connectivity index (χ0v) is 7.97. The van der Waals surface area contributed by atoms with Gasteiger partial charge in [0, 0.05) is 0 Å². The molecule has 1 aliphatic carbocycles. The van der Waals surface area contributed by atoms with Gasteiger partial charge in [0.15, 0.2) is 0 Å². The number of hydrogen-bond donors (Lipinski definition) is 0. The number of hydrogen-bond acceptors (Lipinski definition) is 0. The van der Waals surface area contributed by atoms with Gasteiger partial charge in [-0.1, -0.05) is 37.1 Å². The third-order valence-corrected chi connectivity index (χ3v) is 2.32. The second-order valence-electron chi connectivity index (χ2n) is 3.51. The molecule has 0 nitrogen and oxygen atoms in total. The van der Waals surface area contributed by atoms with Crippen LogP contribution in [0, 0.1) is 0 Å². The summed E-state index contributed by atoms with van der Waals surface area (Å²) in [5, 5.41) is 0. The minimum Gasteiger partial charge on any atom is -0.0885 e. The van der Waals surface area contributed by atoms with Crippen molar-refractivity contribution in [3.63, 3.8) is 0 Å². The summed E-state index contributed by atoms with van der Waals surface area (Å²) in [4.78, 5) is 0. The molecule has 0 heteroatoms. The summed E-state index contributed by atoms with van der Waals surface area (Å²) >= 11 is 0. The highest BCUT2D eigenvalue weighted by molar-refractivity contribution is 4.88. The van der Waals surface area contributed by atoms with Gasteiger partial charge in [-0.2, -0.15) is 0 Å². The first-order chi connectivity index (χ1) is 6.00. The van der Waals surface area contributed by atoms with E-state index >= 15 is 0 Å². The summed E-state index contributed by atoms with van der Waals surface area (Å²) < 4.78 is 0. The monoisotopic (exact) mass is 164 g/mol. The molecule has 0 saturated carbocycles. The molecular formula is C12H20. The summed E-state index contributed by atoms with van der Waals surface area (Å²) in [6.45, 7) is 0. The van der Waals surface area contributed by atoms with E-state index in [9.17, 15) is 0 Å². The predicted octanol–water partition coefficient (Wildman–Crippen LogP) is 4.23. The van der Waals surface area contributed by atoms with Gasteiger partial charge in [-0.25, -0.2) is 0 Å². The molecule has 1 rings (SSSR count). The normalized spacial score (nSPS) is 24.0. The summed E-state index contributed by atoms with van der Waals surface area (Å²) in [5.41, 5.74) is 0. The zero-order chi connectivity index (χ0) is 8.49. The van der Waals surface area contributed by atoms with Gasteiger partial charge in [0.2, 0.25) is 0 Å². The van der Waals surface area contributed by atoms with Crippen molar-refractivity contribution >= 4 is 0 Å². The maximum atomic E-state index is 2.34. The fourth-order valence-electron chi connectivity index (χ4n) is 1.54. The van der Waals surface area contributed by atoms with Crippen molar-refractivity contribution in [2.75, 3.05) is 0 Å². The minimum atomic E-state index is 1.23. The van der Waals surface area contributed by atoms with Crippen LogP contribution in [0.15, 0.2) is 24.3 Å². The lowest BCUT2D eigenvalue weighted by atomic mass is 10.1. The summed E-state index contributed by atoms with van der Waals surface area (Å²) in [6, 6.07) is 0. The SMILES string of the molecule is C1=CCCCCCC/C=C\CC1. The van der Waals surface area contributed by atoms with Crippen molar-refractivity contribution in [1.29, 1.82) is 0 Å². The van der Waals surface area contributed by atoms with Gasteiger partial charge in [0.25, 0.3) is 0 Å². The molecule has 1 aliphatic rings. The quantitative estimate of drug-likeness (QED) is 0.470. The Kier molecular flexibility index (Phi) is 5.70. The van der Waals surface area contributed by atoms with Gasteiger partial charge in [-0.05, 0) is 38.5 Å². The molecule has 0 heterocycles. The first-order valence-corrected chi connectivity index (χ1v) is 5.30. The van der Waals surface area contributed by atoms with E-state index in [-0.39, 0.29) is 0 Å². The molecular weight excluding hydrogens is 144 g/mol. The Labute approximate surface area is 76.4 Å². The Hall–Kier alpha value is -0.520. The summed E-state index contributed by atoms with van der Waals surface area (Å²) in [5.74, 6) is 0. The van der Waals surface area contributed by atoms with E-state index in [2.05, 4.69) is 24.3 Å². The van der Waals surface area contributed by atoms with Crippen LogP contribution in [-0.4, -0.2) is 0 Å². The molecule has 0 unspecified atom stereocenters. The fourth-order valence-corrected chi connectivity index (χ4v) is 1.54. The van der Waals surface area contributed by atoms with E-state index in [0.717, 1.165) is 0 Å². The second-order valence-corrected chi connectivity index (χ2v) is 3.51. The van der Waals surface area contributed by atoms with Crippen LogP contribution >= 0.6 is 0 Å². The molecule has 0 N–H and O–H groups in total. The van der Waals surface area contributed by atoms with Crippen LogP contribution in [0.4, 0.5) is 0 Å². The van der Waals surface area contributed by atoms with Crippen LogP contribution in [0.25, 0.3) is 0 Å². The minimum absolute atomic E-state index is 1.23. The van der Waals surface area contributed by atoms with Gasteiger partial charge in [-0.3, -0.25) is 0 Å². The molecule has 0 aromatic heterocycles. The summed E-state index contributed by atoms with van der Waals surface area (Å²) in [7, 11) is 0. The highest BCUT2D eigenvalue weighted by Crippen LogP contribution is 2.08. The molecule has 0 atom stereocenters. The average molecular weight is 164 g/mol. The number of allylic oxidation sites excluding steroid dienone is 4. The lowest BCUT2D eigenvalue weighted by Gasteiger charge is -1.98. The van der Waals surface area contributed by atoms with Crippen molar-refractivity contribution in [2.45, 2.75) is 51.4 Å². The highest BCUT2D eigenvalue weighted by atomic mass is 13.9. The third-order valence-electron chi connectivity index (χ3n) is 2.32. The Morgan fingerprint density at radius 2 is 0.833 bits per heavy atom. The molecule has 0 aromatic rings. The molecule has 0 bridgehead atoms. The fraction of sp³-hybridized carbons (Fsp3) is 0.667. The average Bonchev–Trinajstić information content (AvgIpc) is 2.05. The smallest absolute Gasteiger partial charge is 0.0316 e. The highest BCUT2D eigenvalue weighted by Gasteiger charge is 1.88. The van der Waals surface area contributed by atoms with Gasteiger partial charge in [0.05, 0.1) is 0 Å². The van der Waals surface area contributed by atoms with E-state index in [1.54, 1.807) is 0 Å². The molecule has 0 radical (unpaired) electrons. The molecule has 0 amide bonds. The van der Waals surface area contributed by atoms with E-state index in [1.807, 2.05) is 0 Å². The lowest BCUT2D eigenvalue weighted by Crippen LogP contribution is -1.78. The second kappa shape index (κ2) is 7.15. The maximum Gasteiger partial charge on any atom is -0.0316 e. The van der Waals surface area contributed by atoms with Crippen LogP contribution in [-0.2, 0) is 0 Å². The molecule has 0 fully saturated rings. The largest absolute Gasteiger partial charge is 0.0885 e.